The van der Waals surface area contributed by atoms with Gasteiger partial charge >= 0.3 is 12.1 Å². The Morgan fingerprint density at radius 3 is 1.69 bits per heavy atom. The van der Waals surface area contributed by atoms with Gasteiger partial charge in [-0.1, -0.05) is 142 Å². The highest BCUT2D eigenvalue weighted by Gasteiger charge is 2.43. The van der Waals surface area contributed by atoms with Crippen LogP contribution in [-0.4, -0.2) is 48.2 Å². The summed E-state index contributed by atoms with van der Waals surface area (Å²) < 4.78 is 12.4. The van der Waals surface area contributed by atoms with Gasteiger partial charge in [-0.05, 0) is 34.4 Å². The van der Waals surface area contributed by atoms with Crippen molar-refractivity contribution in [1.82, 2.24) is 10.6 Å². The highest BCUT2D eigenvalue weighted by atomic mass is 32.2. The first-order valence-corrected chi connectivity index (χ1v) is 18.0. The van der Waals surface area contributed by atoms with E-state index in [0.717, 1.165) is 22.3 Å². The lowest BCUT2D eigenvalue weighted by molar-refractivity contribution is -0.155. The minimum absolute atomic E-state index is 0.115. The molecule has 0 aliphatic heterocycles. The topological polar surface area (TPSA) is 93.7 Å². The van der Waals surface area contributed by atoms with Crippen LogP contribution in [0, 0.1) is 0 Å². The zero-order valence-electron chi connectivity index (χ0n) is 29.2. The predicted molar refractivity (Wildman–Crippen MR) is 203 cm³/mol. The zero-order chi connectivity index (χ0) is 36.0. The Bertz CT molecular complexity index is 1910. The Morgan fingerprint density at radius 1 is 0.686 bits per heavy atom. The number of hydrogen-bond donors (Lipinski definition) is 2. The Hall–Kier alpha value is -5.34. The molecule has 8 heteroatoms. The second kappa shape index (κ2) is 15.3. The van der Waals surface area contributed by atoms with Gasteiger partial charge in [-0.3, -0.25) is 4.79 Å². The third-order valence-electron chi connectivity index (χ3n) is 9.00. The van der Waals surface area contributed by atoms with Crippen LogP contribution in [0.15, 0.2) is 133 Å². The number of nitrogens with one attached hydrogen (secondary N) is 2. The molecule has 0 spiro atoms. The molecule has 0 saturated heterocycles. The number of hydrogen-bond acceptors (Lipinski definition) is 6. The number of amides is 2. The van der Waals surface area contributed by atoms with Crippen LogP contribution < -0.4 is 10.6 Å². The third-order valence-corrected chi connectivity index (χ3v) is 10.4. The molecule has 260 valence electrons. The summed E-state index contributed by atoms with van der Waals surface area (Å²) in [5.74, 6) is -0.723. The Labute approximate surface area is 303 Å². The number of alkyl carbamates (subject to hydrolysis) is 1. The van der Waals surface area contributed by atoms with Gasteiger partial charge in [-0.2, -0.15) is 11.8 Å². The van der Waals surface area contributed by atoms with Crippen molar-refractivity contribution < 1.29 is 23.9 Å². The molecule has 7 nitrogen and oxygen atoms in total. The maximum absolute atomic E-state index is 14.6. The highest BCUT2D eigenvalue weighted by molar-refractivity contribution is 8.00. The van der Waals surface area contributed by atoms with E-state index in [1.54, 1.807) is 43.1 Å². The molecule has 2 amide bonds. The maximum atomic E-state index is 14.6. The van der Waals surface area contributed by atoms with Crippen LogP contribution in [0.3, 0.4) is 0 Å². The van der Waals surface area contributed by atoms with Gasteiger partial charge in [0.1, 0.15) is 12.6 Å². The molecule has 2 N–H and O–H groups in total. The van der Waals surface area contributed by atoms with Crippen molar-refractivity contribution in [2.24, 2.45) is 0 Å². The molecule has 0 aromatic heterocycles. The summed E-state index contributed by atoms with van der Waals surface area (Å²) in [6.45, 7) is 6.28. The summed E-state index contributed by atoms with van der Waals surface area (Å²) in [5.41, 5.74) is 5.59. The second-order valence-corrected chi connectivity index (χ2v) is 15.3. The predicted octanol–water partition coefficient (Wildman–Crippen LogP) is 8.32. The first kappa shape index (κ1) is 35.5. The number of carbonyl (C=O) groups is 3. The van der Waals surface area contributed by atoms with Crippen LogP contribution in [0.4, 0.5) is 4.79 Å². The van der Waals surface area contributed by atoms with Crippen LogP contribution in [0.5, 0.6) is 0 Å². The number of fused-ring (bicyclic) bond motifs is 3. The summed E-state index contributed by atoms with van der Waals surface area (Å²) in [4.78, 5) is 40.6. The molecule has 51 heavy (non-hydrogen) atoms. The van der Waals surface area contributed by atoms with E-state index in [9.17, 15) is 14.4 Å². The van der Waals surface area contributed by atoms with Gasteiger partial charge in [0.15, 0.2) is 5.60 Å². The lowest BCUT2D eigenvalue weighted by Gasteiger charge is -2.36. The quantitative estimate of drug-likeness (QED) is 0.107. The Morgan fingerprint density at radius 2 is 1.18 bits per heavy atom. The molecule has 5 aromatic rings. The molecule has 0 heterocycles. The van der Waals surface area contributed by atoms with Crippen LogP contribution in [0.1, 0.15) is 64.9 Å². The molecule has 0 saturated carbocycles. The lowest BCUT2D eigenvalue weighted by Crippen LogP contribution is -2.48. The summed E-state index contributed by atoms with van der Waals surface area (Å²) >= 11 is 1.54. The smallest absolute Gasteiger partial charge is 0.407 e. The highest BCUT2D eigenvalue weighted by Crippen LogP contribution is 2.45. The van der Waals surface area contributed by atoms with Gasteiger partial charge in [-0.25, -0.2) is 9.59 Å². The number of ether oxygens (including phenoxy) is 2. The van der Waals surface area contributed by atoms with Gasteiger partial charge < -0.3 is 20.1 Å². The van der Waals surface area contributed by atoms with E-state index >= 15 is 0 Å². The summed E-state index contributed by atoms with van der Waals surface area (Å²) in [6.07, 6.45) is -0.701. The lowest BCUT2D eigenvalue weighted by atomic mass is 9.79. The van der Waals surface area contributed by atoms with Crippen LogP contribution in [0.25, 0.3) is 11.1 Å². The number of thioether (sulfide) groups is 1. The molecule has 0 bridgehead atoms. The van der Waals surface area contributed by atoms with E-state index in [-0.39, 0.29) is 28.9 Å². The Kier molecular flexibility index (Phi) is 10.6. The fraction of sp³-hybridized carbons (Fsp3) is 0.233. The third kappa shape index (κ3) is 7.71. The van der Waals surface area contributed by atoms with Crippen molar-refractivity contribution >= 4 is 29.7 Å². The van der Waals surface area contributed by atoms with Crippen LogP contribution >= 0.6 is 11.8 Å². The van der Waals surface area contributed by atoms with Crippen LogP contribution in [0.2, 0.25) is 0 Å². The molecule has 5 aromatic carbocycles. The molecule has 1 aliphatic rings. The van der Waals surface area contributed by atoms with Crippen molar-refractivity contribution in [3.05, 3.63) is 167 Å². The molecular formula is C43H42N2O5S. The van der Waals surface area contributed by atoms with Gasteiger partial charge in [0.25, 0.3) is 5.91 Å². The first-order chi connectivity index (χ1) is 24.6. The van der Waals surface area contributed by atoms with Gasteiger partial charge in [-0.15, -0.1) is 0 Å². The van der Waals surface area contributed by atoms with E-state index in [4.69, 9.17) is 9.47 Å². The average molecular weight is 699 g/mol. The number of carbonyl (C=O) groups excluding carboxylic acids is 3. The van der Waals surface area contributed by atoms with E-state index in [1.165, 1.54) is 0 Å². The van der Waals surface area contributed by atoms with Gasteiger partial charge in [0.05, 0.1) is 0 Å². The standard InChI is InChI=1S/C43H42N2O5S/c1-42(2,3)51-28-38(45-41(48)49-27-37-35-21-13-11-19-33(35)34-20-12-14-22-36(34)37)40(47)50-43(30-15-7-5-8-16-30,31-17-9-6-10-18-31)32-25-23-29(24-26-32)39(46)44-4/h5-26,37-38H,27-28H2,1-4H3,(H,44,46)(H,45,48)/t38-/m1/s1. The van der Waals surface area contributed by atoms with Gasteiger partial charge in [0.2, 0.25) is 0 Å². The van der Waals surface area contributed by atoms with Crippen molar-refractivity contribution in [3.63, 3.8) is 0 Å². The van der Waals surface area contributed by atoms with E-state index < -0.39 is 23.7 Å². The van der Waals surface area contributed by atoms with Crippen molar-refractivity contribution in [2.75, 3.05) is 19.4 Å². The molecule has 0 fully saturated rings. The van der Waals surface area contributed by atoms with E-state index in [0.29, 0.717) is 22.3 Å². The largest absolute Gasteiger partial charge is 0.449 e. The van der Waals surface area contributed by atoms with Crippen molar-refractivity contribution in [2.45, 2.75) is 43.1 Å². The van der Waals surface area contributed by atoms with Crippen molar-refractivity contribution in [3.8, 4) is 11.1 Å². The normalized spacial score (nSPS) is 13.0. The zero-order valence-corrected chi connectivity index (χ0v) is 30.0. The summed E-state index contributed by atoms with van der Waals surface area (Å²) in [5, 5.41) is 5.51. The fourth-order valence-corrected chi connectivity index (χ4v) is 7.42. The molecular weight excluding hydrogens is 657 g/mol. The molecule has 6 rings (SSSR count). The van der Waals surface area contributed by atoms with E-state index in [2.05, 4.69) is 55.7 Å². The first-order valence-electron chi connectivity index (χ1n) is 17.0. The fourth-order valence-electron chi connectivity index (χ4n) is 6.53. The molecule has 0 unspecified atom stereocenters. The summed E-state index contributed by atoms with van der Waals surface area (Å²) in [7, 11) is 1.58. The minimum atomic E-state index is -1.41. The van der Waals surface area contributed by atoms with Gasteiger partial charge in [0, 0.05) is 45.7 Å². The monoisotopic (exact) mass is 698 g/mol. The summed E-state index contributed by atoms with van der Waals surface area (Å²) in [6, 6.07) is 41.3. The van der Waals surface area contributed by atoms with Crippen molar-refractivity contribution in [1.29, 1.82) is 0 Å². The maximum Gasteiger partial charge on any atom is 0.407 e. The molecule has 1 aliphatic carbocycles. The molecule has 0 radical (unpaired) electrons. The average Bonchev–Trinajstić information content (AvgIpc) is 3.48. The second-order valence-electron chi connectivity index (χ2n) is 13.4. The van der Waals surface area contributed by atoms with E-state index in [1.807, 2.05) is 84.9 Å². The number of rotatable bonds is 11. The number of esters is 1. The Balaban J connectivity index is 1.32. The molecule has 1 atom stereocenters. The SMILES string of the molecule is CNC(=O)c1ccc(C(OC(=O)[C@@H](CSC(C)(C)C)NC(=O)OCC2c3ccccc3-c3ccccc32)(c2ccccc2)c2ccccc2)cc1. The van der Waals surface area contributed by atoms with Crippen LogP contribution in [-0.2, 0) is 19.9 Å². The minimum Gasteiger partial charge on any atom is -0.449 e. The number of benzene rings is 5.